The zero-order chi connectivity index (χ0) is 20.9. The van der Waals surface area contributed by atoms with E-state index in [4.69, 9.17) is 26.8 Å². The van der Waals surface area contributed by atoms with Gasteiger partial charge in [0.25, 0.3) is 5.18 Å². The SMILES string of the molecule is CS(=O)(=O)C(OC[C@@H]1C[C@@H](O)[C@H](n2cnc3c(N)nc(Cl)nc32)O1)P(=O)(O)O. The molecule has 2 aromatic rings. The molecule has 5 N–H and O–H groups in total. The van der Waals surface area contributed by atoms with Gasteiger partial charge >= 0.3 is 7.60 Å². The Labute approximate surface area is 163 Å². The Bertz CT molecular complexity index is 1040. The van der Waals surface area contributed by atoms with E-state index in [0.717, 1.165) is 0 Å². The van der Waals surface area contributed by atoms with Crippen LogP contribution >= 0.6 is 19.2 Å². The summed E-state index contributed by atoms with van der Waals surface area (Å²) in [6, 6.07) is 0. The Morgan fingerprint density at radius 1 is 1.50 bits per heavy atom. The molecule has 16 heteroatoms. The molecule has 0 aromatic carbocycles. The van der Waals surface area contributed by atoms with Gasteiger partial charge in [0.05, 0.1) is 19.0 Å². The van der Waals surface area contributed by atoms with Gasteiger partial charge in [-0.1, -0.05) is 0 Å². The maximum absolute atomic E-state index is 11.6. The van der Waals surface area contributed by atoms with Crippen LogP contribution in [0.1, 0.15) is 12.6 Å². The molecule has 2 aromatic heterocycles. The third-order valence-corrected chi connectivity index (χ3v) is 7.63. The summed E-state index contributed by atoms with van der Waals surface area (Å²) in [5, 5.41) is 7.86. The molecule has 1 fully saturated rings. The number of imidazole rings is 1. The molecule has 3 rings (SSSR count). The van der Waals surface area contributed by atoms with Crippen LogP contribution in [0.2, 0.25) is 5.28 Å². The van der Waals surface area contributed by atoms with Crippen molar-refractivity contribution in [2.45, 2.75) is 30.0 Å². The third-order valence-electron chi connectivity index (χ3n) is 3.93. The van der Waals surface area contributed by atoms with E-state index in [-0.39, 0.29) is 28.7 Å². The molecular formula is C12H17ClN5O8PS. The molecule has 1 unspecified atom stereocenters. The Kier molecular flexibility index (Phi) is 5.68. The lowest BCUT2D eigenvalue weighted by molar-refractivity contribution is -0.0595. The topological polar surface area (TPSA) is 200 Å². The first-order valence-corrected chi connectivity index (χ1v) is 11.7. The summed E-state index contributed by atoms with van der Waals surface area (Å²) < 4.78 is 46.4. The fourth-order valence-electron chi connectivity index (χ4n) is 2.84. The molecule has 156 valence electrons. The minimum Gasteiger partial charge on any atom is -0.388 e. The fourth-order valence-corrected chi connectivity index (χ4v) is 5.62. The van der Waals surface area contributed by atoms with Crippen molar-refractivity contribution in [3.8, 4) is 0 Å². The molecule has 4 atom stereocenters. The van der Waals surface area contributed by atoms with E-state index in [1.165, 1.54) is 10.9 Å². The van der Waals surface area contributed by atoms with Gasteiger partial charge in [-0.2, -0.15) is 9.97 Å². The second-order valence-corrected chi connectivity index (χ2v) is 10.6. The van der Waals surface area contributed by atoms with Gasteiger partial charge in [0.2, 0.25) is 5.28 Å². The Balaban J connectivity index is 1.78. The second kappa shape index (κ2) is 7.46. The molecule has 0 aliphatic carbocycles. The number of ether oxygens (including phenoxy) is 2. The van der Waals surface area contributed by atoms with Crippen LogP contribution in [-0.4, -0.2) is 73.1 Å². The number of nitrogen functional groups attached to an aromatic ring is 1. The highest BCUT2D eigenvalue weighted by Gasteiger charge is 2.42. The first kappa shape index (κ1) is 21.3. The average molecular weight is 458 g/mol. The first-order valence-electron chi connectivity index (χ1n) is 7.72. The summed E-state index contributed by atoms with van der Waals surface area (Å²) in [4.78, 5) is 30.2. The molecule has 1 aliphatic heterocycles. The van der Waals surface area contributed by atoms with E-state index in [9.17, 15) is 27.9 Å². The van der Waals surface area contributed by atoms with Crippen molar-refractivity contribution < 1.29 is 37.3 Å². The molecule has 1 aliphatic rings. The van der Waals surface area contributed by atoms with Crippen molar-refractivity contribution in [2.24, 2.45) is 0 Å². The Hall–Kier alpha value is -1.38. The van der Waals surface area contributed by atoms with Gasteiger partial charge in [-0.25, -0.2) is 13.4 Å². The molecule has 13 nitrogen and oxygen atoms in total. The molecule has 0 radical (unpaired) electrons. The van der Waals surface area contributed by atoms with Crippen LogP contribution in [0.4, 0.5) is 5.82 Å². The van der Waals surface area contributed by atoms with E-state index >= 15 is 0 Å². The van der Waals surface area contributed by atoms with Crippen LogP contribution in [-0.2, 0) is 23.9 Å². The van der Waals surface area contributed by atoms with E-state index in [1.54, 1.807) is 0 Å². The highest BCUT2D eigenvalue weighted by atomic mass is 35.5. The van der Waals surface area contributed by atoms with Gasteiger partial charge in [0.1, 0.15) is 11.6 Å². The number of fused-ring (bicyclic) bond motifs is 1. The number of aliphatic hydroxyl groups is 1. The minimum atomic E-state index is -5.07. The smallest absolute Gasteiger partial charge is 0.369 e. The molecule has 0 saturated carbocycles. The lowest BCUT2D eigenvalue weighted by Crippen LogP contribution is -2.28. The lowest BCUT2D eigenvalue weighted by Gasteiger charge is -2.20. The van der Waals surface area contributed by atoms with Gasteiger partial charge in [0.15, 0.2) is 27.5 Å². The number of aliphatic hydroxyl groups excluding tert-OH is 1. The summed E-state index contributed by atoms with van der Waals surface area (Å²) >= 11 is 5.80. The van der Waals surface area contributed by atoms with E-state index in [1.807, 2.05) is 0 Å². The summed E-state index contributed by atoms with van der Waals surface area (Å²) in [5.41, 5.74) is 6.19. The third kappa shape index (κ3) is 4.28. The maximum Gasteiger partial charge on any atom is 0.369 e. The Morgan fingerprint density at radius 3 is 2.79 bits per heavy atom. The van der Waals surface area contributed by atoms with Gasteiger partial charge in [-0.05, 0) is 11.6 Å². The van der Waals surface area contributed by atoms with Crippen LogP contribution in [0.5, 0.6) is 0 Å². The van der Waals surface area contributed by atoms with Crippen molar-refractivity contribution in [2.75, 3.05) is 18.6 Å². The molecular weight excluding hydrogens is 441 g/mol. The van der Waals surface area contributed by atoms with Crippen molar-refractivity contribution in [3.63, 3.8) is 0 Å². The largest absolute Gasteiger partial charge is 0.388 e. The second-order valence-electron chi connectivity index (χ2n) is 6.21. The summed E-state index contributed by atoms with van der Waals surface area (Å²) in [7, 11) is -9.25. The van der Waals surface area contributed by atoms with Crippen molar-refractivity contribution in [1.29, 1.82) is 0 Å². The molecule has 0 amide bonds. The molecule has 0 spiro atoms. The molecule has 0 bridgehead atoms. The Morgan fingerprint density at radius 2 is 2.18 bits per heavy atom. The standard InChI is InChI=1S/C12H17ClN5O8PS/c1-28(23,24)12(27(20,21)22)25-3-5-2-6(19)10(26-5)18-4-15-7-8(14)16-11(13)17-9(7)18/h4-6,10,12,19H,2-3H2,1H3,(H2,14,16,17)(H2,20,21,22)/t5-,6+,10+,12?/m0/s1. The predicted octanol–water partition coefficient (Wildman–Crippen LogP) is -0.767. The van der Waals surface area contributed by atoms with E-state index < -0.39 is 47.7 Å². The highest BCUT2D eigenvalue weighted by molar-refractivity contribution is 7.97. The predicted molar refractivity (Wildman–Crippen MR) is 95.9 cm³/mol. The summed E-state index contributed by atoms with van der Waals surface area (Å²) in [6.45, 7) is -0.471. The van der Waals surface area contributed by atoms with Gasteiger partial charge in [0, 0.05) is 12.7 Å². The van der Waals surface area contributed by atoms with Crippen molar-refractivity contribution >= 4 is 46.0 Å². The zero-order valence-corrected chi connectivity index (χ0v) is 16.8. The number of anilines is 1. The molecule has 3 heterocycles. The lowest BCUT2D eigenvalue weighted by atomic mass is 10.2. The van der Waals surface area contributed by atoms with Crippen LogP contribution in [0.25, 0.3) is 11.2 Å². The molecule has 28 heavy (non-hydrogen) atoms. The van der Waals surface area contributed by atoms with Crippen LogP contribution in [0.3, 0.4) is 0 Å². The number of aromatic nitrogens is 4. The van der Waals surface area contributed by atoms with Gasteiger partial charge in [-0.3, -0.25) is 9.13 Å². The summed E-state index contributed by atoms with van der Waals surface area (Å²) in [5.74, 6) is 0.0405. The quantitative estimate of drug-likeness (QED) is 0.312. The maximum atomic E-state index is 11.6. The fraction of sp³-hybridized carbons (Fsp3) is 0.583. The first-order chi connectivity index (χ1) is 12.9. The van der Waals surface area contributed by atoms with E-state index in [0.29, 0.717) is 6.26 Å². The number of rotatable bonds is 6. The van der Waals surface area contributed by atoms with Crippen molar-refractivity contribution in [3.05, 3.63) is 11.6 Å². The number of nitrogens with zero attached hydrogens (tertiary/aromatic N) is 4. The number of hydrogen-bond acceptors (Lipinski definition) is 10. The highest BCUT2D eigenvalue weighted by Crippen LogP contribution is 2.45. The van der Waals surface area contributed by atoms with Crippen molar-refractivity contribution in [1.82, 2.24) is 19.5 Å². The number of sulfone groups is 1. The average Bonchev–Trinajstić information content (AvgIpc) is 3.08. The number of hydrogen-bond donors (Lipinski definition) is 4. The number of halogens is 1. The summed E-state index contributed by atoms with van der Waals surface area (Å²) in [6.07, 6.45) is -0.907. The number of nitrogens with two attached hydrogens (primary N) is 1. The molecule has 1 saturated heterocycles. The van der Waals surface area contributed by atoms with Crippen LogP contribution < -0.4 is 5.73 Å². The van der Waals surface area contributed by atoms with E-state index in [2.05, 4.69) is 15.0 Å². The van der Waals surface area contributed by atoms with Crippen LogP contribution in [0.15, 0.2) is 6.33 Å². The minimum absolute atomic E-state index is 0.0102. The zero-order valence-electron chi connectivity index (χ0n) is 14.3. The monoisotopic (exact) mass is 457 g/mol. The van der Waals surface area contributed by atoms with Gasteiger partial charge < -0.3 is 30.1 Å². The van der Waals surface area contributed by atoms with Crippen LogP contribution in [0, 0.1) is 0 Å². The normalized spacial score (nSPS) is 24.7. The van der Waals surface area contributed by atoms with Gasteiger partial charge in [-0.15, -0.1) is 0 Å².